The van der Waals surface area contributed by atoms with Crippen LogP contribution in [0, 0.1) is 0 Å². The first-order valence-electron chi connectivity index (χ1n) is 6.52. The third-order valence-electron chi connectivity index (χ3n) is 2.79. The molecule has 0 aliphatic heterocycles. The van der Waals surface area contributed by atoms with Gasteiger partial charge in [-0.1, -0.05) is 18.2 Å². The minimum Gasteiger partial charge on any atom is -0.344 e. The van der Waals surface area contributed by atoms with Crippen LogP contribution in [0.2, 0.25) is 0 Å². The van der Waals surface area contributed by atoms with Crippen LogP contribution in [0.25, 0.3) is 0 Å². The number of carbonyl (C=O) groups excluding carboxylic acids is 2. The molecule has 0 aliphatic carbocycles. The van der Waals surface area contributed by atoms with Crippen LogP contribution in [-0.2, 0) is 11.3 Å². The molecule has 2 amide bonds. The maximum atomic E-state index is 12.1. The monoisotopic (exact) mass is 323 g/mol. The minimum atomic E-state index is -4.93. The van der Waals surface area contributed by atoms with Crippen LogP contribution in [0.3, 0.4) is 0 Å². The highest BCUT2D eigenvalue weighted by molar-refractivity contribution is 6.02. The second-order valence-electron chi connectivity index (χ2n) is 4.55. The molecule has 0 saturated carbocycles. The topological polar surface area (TPSA) is 71.1 Å². The molecule has 8 heteroatoms. The number of hydrogen-bond acceptors (Lipinski definition) is 3. The van der Waals surface area contributed by atoms with Gasteiger partial charge in [-0.3, -0.25) is 14.6 Å². The van der Waals surface area contributed by atoms with Gasteiger partial charge in [-0.25, -0.2) is 0 Å². The molecule has 2 aromatic rings. The number of halogens is 3. The van der Waals surface area contributed by atoms with Crippen LogP contribution in [0.1, 0.15) is 16.1 Å². The molecule has 0 atom stereocenters. The van der Waals surface area contributed by atoms with E-state index in [2.05, 4.69) is 10.3 Å². The summed E-state index contributed by atoms with van der Waals surface area (Å²) in [4.78, 5) is 26.6. The third-order valence-corrected chi connectivity index (χ3v) is 2.79. The number of nitrogens with zero attached hydrogens (tertiary/aromatic N) is 1. The number of anilines is 1. The largest absolute Gasteiger partial charge is 0.471 e. The lowest BCUT2D eigenvalue weighted by molar-refractivity contribution is -0.173. The molecule has 0 unspecified atom stereocenters. The van der Waals surface area contributed by atoms with Crippen molar-refractivity contribution in [2.75, 3.05) is 5.32 Å². The van der Waals surface area contributed by atoms with Gasteiger partial charge in [0.1, 0.15) is 5.69 Å². The Hall–Kier alpha value is -2.90. The molecule has 0 fully saturated rings. The highest BCUT2D eigenvalue weighted by Gasteiger charge is 2.38. The van der Waals surface area contributed by atoms with Gasteiger partial charge in [-0.05, 0) is 29.8 Å². The molecule has 23 heavy (non-hydrogen) atoms. The number of nitrogens with one attached hydrogen (secondary N) is 2. The van der Waals surface area contributed by atoms with Crippen LogP contribution in [0.15, 0.2) is 48.7 Å². The van der Waals surface area contributed by atoms with Crippen LogP contribution < -0.4 is 10.6 Å². The summed E-state index contributed by atoms with van der Waals surface area (Å²) in [6.07, 6.45) is -3.46. The highest BCUT2D eigenvalue weighted by atomic mass is 19.4. The van der Waals surface area contributed by atoms with E-state index in [4.69, 9.17) is 0 Å². The van der Waals surface area contributed by atoms with E-state index in [1.165, 1.54) is 24.4 Å². The summed E-state index contributed by atoms with van der Waals surface area (Å²) in [5, 5.41) is 4.34. The van der Waals surface area contributed by atoms with E-state index >= 15 is 0 Å². The lowest BCUT2D eigenvalue weighted by Crippen LogP contribution is -2.36. The van der Waals surface area contributed by atoms with Gasteiger partial charge in [0.2, 0.25) is 0 Å². The predicted molar refractivity (Wildman–Crippen MR) is 76.5 cm³/mol. The summed E-state index contributed by atoms with van der Waals surface area (Å²) in [6, 6.07) is 11.0. The number of rotatable bonds is 4. The van der Waals surface area contributed by atoms with Gasteiger partial charge in [0, 0.05) is 18.4 Å². The standard InChI is InChI=1S/C15H12F3N3O2/c16-15(17,18)14(23)20-9-10-4-3-5-11(8-10)21-13(22)12-6-1-2-7-19-12/h1-8H,9H2,(H,20,23)(H,21,22). The number of carbonyl (C=O) groups is 2. The average molecular weight is 323 g/mol. The van der Waals surface area contributed by atoms with Crippen LogP contribution in [0.5, 0.6) is 0 Å². The number of amides is 2. The fraction of sp³-hybridized carbons (Fsp3) is 0.133. The molecule has 1 aromatic carbocycles. The Labute approximate surface area is 129 Å². The number of alkyl halides is 3. The summed E-state index contributed by atoms with van der Waals surface area (Å²) in [7, 11) is 0. The van der Waals surface area contributed by atoms with Crippen LogP contribution in [-0.4, -0.2) is 23.0 Å². The van der Waals surface area contributed by atoms with Gasteiger partial charge in [0.05, 0.1) is 0 Å². The van der Waals surface area contributed by atoms with E-state index in [-0.39, 0.29) is 12.2 Å². The van der Waals surface area contributed by atoms with E-state index in [1.807, 2.05) is 0 Å². The maximum absolute atomic E-state index is 12.1. The summed E-state index contributed by atoms with van der Waals surface area (Å²) < 4.78 is 36.3. The van der Waals surface area contributed by atoms with Gasteiger partial charge in [0.25, 0.3) is 5.91 Å². The van der Waals surface area contributed by atoms with Gasteiger partial charge in [-0.15, -0.1) is 0 Å². The molecule has 0 bridgehead atoms. The first-order valence-corrected chi connectivity index (χ1v) is 6.52. The Morgan fingerprint density at radius 1 is 1.09 bits per heavy atom. The Bertz CT molecular complexity index is 703. The predicted octanol–water partition coefficient (Wildman–Crippen LogP) is 2.51. The zero-order valence-corrected chi connectivity index (χ0v) is 11.7. The second kappa shape index (κ2) is 6.91. The van der Waals surface area contributed by atoms with Crippen molar-refractivity contribution < 1.29 is 22.8 Å². The van der Waals surface area contributed by atoms with E-state index in [0.29, 0.717) is 11.3 Å². The average Bonchev–Trinajstić information content (AvgIpc) is 2.53. The summed E-state index contributed by atoms with van der Waals surface area (Å²) in [6.45, 7) is -0.300. The molecule has 0 aliphatic rings. The fourth-order valence-corrected chi connectivity index (χ4v) is 1.73. The minimum absolute atomic E-state index is 0.211. The lowest BCUT2D eigenvalue weighted by Gasteiger charge is -2.09. The normalized spacial score (nSPS) is 10.9. The molecule has 5 nitrogen and oxygen atoms in total. The SMILES string of the molecule is O=C(Nc1cccc(CNC(=O)C(F)(F)F)c1)c1ccccn1. The first-order chi connectivity index (χ1) is 10.9. The molecule has 1 heterocycles. The van der Waals surface area contributed by atoms with Crippen molar-refractivity contribution in [2.24, 2.45) is 0 Å². The molecule has 2 rings (SSSR count). The van der Waals surface area contributed by atoms with Crippen LogP contribution >= 0.6 is 0 Å². The number of benzene rings is 1. The Morgan fingerprint density at radius 2 is 1.87 bits per heavy atom. The Balaban J connectivity index is 2.00. The zero-order valence-electron chi connectivity index (χ0n) is 11.7. The molecule has 0 spiro atoms. The highest BCUT2D eigenvalue weighted by Crippen LogP contribution is 2.15. The molecule has 120 valence electrons. The molecule has 0 radical (unpaired) electrons. The molecule has 2 N–H and O–H groups in total. The van der Waals surface area contributed by atoms with Crippen molar-refractivity contribution in [2.45, 2.75) is 12.7 Å². The van der Waals surface area contributed by atoms with Crippen molar-refractivity contribution in [3.63, 3.8) is 0 Å². The second-order valence-corrected chi connectivity index (χ2v) is 4.55. The van der Waals surface area contributed by atoms with Gasteiger partial charge >= 0.3 is 12.1 Å². The fourth-order valence-electron chi connectivity index (χ4n) is 1.73. The molecule has 1 aromatic heterocycles. The number of hydrogen-bond donors (Lipinski definition) is 2. The van der Waals surface area contributed by atoms with Crippen molar-refractivity contribution in [1.29, 1.82) is 0 Å². The number of aromatic nitrogens is 1. The van der Waals surface area contributed by atoms with E-state index in [9.17, 15) is 22.8 Å². The van der Waals surface area contributed by atoms with Gasteiger partial charge in [-0.2, -0.15) is 13.2 Å². The maximum Gasteiger partial charge on any atom is 0.471 e. The van der Waals surface area contributed by atoms with Crippen molar-refractivity contribution >= 4 is 17.5 Å². The van der Waals surface area contributed by atoms with Gasteiger partial charge < -0.3 is 10.6 Å². The zero-order chi connectivity index (χ0) is 16.9. The quantitative estimate of drug-likeness (QED) is 0.908. The first kappa shape index (κ1) is 16.5. The van der Waals surface area contributed by atoms with E-state index in [0.717, 1.165) is 0 Å². The molecular weight excluding hydrogens is 311 g/mol. The summed E-state index contributed by atoms with van der Waals surface area (Å²) >= 11 is 0. The molecular formula is C15H12F3N3O2. The van der Waals surface area contributed by atoms with E-state index in [1.54, 1.807) is 29.6 Å². The summed E-state index contributed by atoms with van der Waals surface area (Å²) in [5.41, 5.74) is 1.02. The van der Waals surface area contributed by atoms with Crippen molar-refractivity contribution in [3.05, 3.63) is 59.9 Å². The molecule has 0 saturated heterocycles. The Kier molecular flexibility index (Phi) is 4.95. The summed E-state index contributed by atoms with van der Waals surface area (Å²) in [5.74, 6) is -2.46. The van der Waals surface area contributed by atoms with Crippen LogP contribution in [0.4, 0.5) is 18.9 Å². The third kappa shape index (κ3) is 4.80. The van der Waals surface area contributed by atoms with Gasteiger partial charge in [0.15, 0.2) is 0 Å². The smallest absolute Gasteiger partial charge is 0.344 e. The lowest BCUT2D eigenvalue weighted by atomic mass is 10.2. The van der Waals surface area contributed by atoms with Crippen molar-refractivity contribution in [1.82, 2.24) is 10.3 Å². The van der Waals surface area contributed by atoms with Crippen molar-refractivity contribution in [3.8, 4) is 0 Å². The number of pyridine rings is 1. The van der Waals surface area contributed by atoms with E-state index < -0.39 is 18.0 Å². The Morgan fingerprint density at radius 3 is 2.52 bits per heavy atom.